The van der Waals surface area contributed by atoms with Crippen LogP contribution in [0.15, 0.2) is 11.6 Å². The fourth-order valence-corrected chi connectivity index (χ4v) is 0.484. The van der Waals surface area contributed by atoms with Crippen molar-refractivity contribution in [1.82, 2.24) is 0 Å². The van der Waals surface area contributed by atoms with Crippen LogP contribution in [0.5, 0.6) is 0 Å². The molecule has 2 heteroatoms. The van der Waals surface area contributed by atoms with Gasteiger partial charge in [-0.05, 0) is 20.3 Å². The molecule has 0 aliphatic heterocycles. The molecule has 0 aliphatic rings. The third kappa shape index (κ3) is 7.21. The van der Waals surface area contributed by atoms with Gasteiger partial charge in [0.2, 0.25) is 0 Å². The van der Waals surface area contributed by atoms with Crippen molar-refractivity contribution in [2.75, 3.05) is 0 Å². The van der Waals surface area contributed by atoms with Gasteiger partial charge in [0.25, 0.3) is 0 Å². The first kappa shape index (κ1) is 8.21. The molecule has 0 atom stereocenters. The van der Waals surface area contributed by atoms with E-state index in [-0.39, 0.29) is 6.42 Å². The number of carboxylic acid groups (broad SMARTS) is 1. The molecule has 0 aromatic carbocycles. The monoisotopic (exact) mass is 128 g/mol. The fraction of sp³-hybridized carbons (Fsp3) is 0.571. The molecule has 0 heterocycles. The predicted molar refractivity (Wildman–Crippen MR) is 36.3 cm³/mol. The Morgan fingerprint density at radius 2 is 2.11 bits per heavy atom. The molecule has 0 rings (SSSR count). The number of aliphatic carboxylic acids is 1. The maximum absolute atomic E-state index is 9.95. The van der Waals surface area contributed by atoms with Crippen LogP contribution in [0.1, 0.15) is 26.7 Å². The molecule has 9 heavy (non-hydrogen) atoms. The zero-order valence-electron chi connectivity index (χ0n) is 5.85. The fourth-order valence-electron chi connectivity index (χ4n) is 0.484. The van der Waals surface area contributed by atoms with Crippen molar-refractivity contribution < 1.29 is 9.90 Å². The zero-order chi connectivity index (χ0) is 7.28. The molecule has 0 bridgehead atoms. The summed E-state index contributed by atoms with van der Waals surface area (Å²) in [5.41, 5.74) is 1.18. The lowest BCUT2D eigenvalue weighted by Gasteiger charge is -1.88. The van der Waals surface area contributed by atoms with Gasteiger partial charge in [0, 0.05) is 6.42 Å². The molecule has 0 saturated heterocycles. The van der Waals surface area contributed by atoms with Gasteiger partial charge in [-0.25, -0.2) is 0 Å². The summed E-state index contributed by atoms with van der Waals surface area (Å²) in [6.45, 7) is 3.92. The molecule has 0 unspecified atom stereocenters. The Balaban J connectivity index is 3.31. The van der Waals surface area contributed by atoms with Crippen LogP contribution in [0.4, 0.5) is 0 Å². The Bertz CT molecular complexity index is 121. The Labute approximate surface area is 55.2 Å². The predicted octanol–water partition coefficient (Wildman–Crippen LogP) is 1.82. The second-order valence-electron chi connectivity index (χ2n) is 2.21. The molecule has 0 aromatic rings. The molecule has 0 spiro atoms. The van der Waals surface area contributed by atoms with E-state index in [4.69, 9.17) is 5.11 Å². The molecule has 1 N–H and O–H groups in total. The maximum atomic E-state index is 9.95. The summed E-state index contributed by atoms with van der Waals surface area (Å²) in [5, 5.41) is 8.20. The van der Waals surface area contributed by atoms with Crippen molar-refractivity contribution in [2.24, 2.45) is 0 Å². The van der Waals surface area contributed by atoms with Crippen molar-refractivity contribution >= 4 is 5.97 Å². The third-order valence-electron chi connectivity index (χ3n) is 0.911. The van der Waals surface area contributed by atoms with Crippen molar-refractivity contribution in [2.45, 2.75) is 26.7 Å². The quantitative estimate of drug-likeness (QED) is 0.588. The van der Waals surface area contributed by atoms with E-state index in [1.807, 2.05) is 19.9 Å². The van der Waals surface area contributed by atoms with Crippen molar-refractivity contribution in [3.63, 3.8) is 0 Å². The summed E-state index contributed by atoms with van der Waals surface area (Å²) in [6, 6.07) is 0. The SMILES string of the molecule is CC(C)=CCCC(=O)O. The lowest BCUT2D eigenvalue weighted by molar-refractivity contribution is -0.136. The number of carboxylic acids is 1. The summed E-state index contributed by atoms with van der Waals surface area (Å²) in [7, 11) is 0. The molecule has 52 valence electrons. The molecule has 0 saturated carbocycles. The highest BCUT2D eigenvalue weighted by atomic mass is 16.4. The highest BCUT2D eigenvalue weighted by Crippen LogP contribution is 1.95. The summed E-state index contributed by atoms with van der Waals surface area (Å²) in [5.74, 6) is -0.729. The summed E-state index contributed by atoms with van der Waals surface area (Å²) in [4.78, 5) is 9.95. The highest BCUT2D eigenvalue weighted by molar-refractivity contribution is 5.66. The molecular weight excluding hydrogens is 116 g/mol. The lowest BCUT2D eigenvalue weighted by atomic mass is 10.2. The Kier molecular flexibility index (Phi) is 3.76. The second-order valence-corrected chi connectivity index (χ2v) is 2.21. The third-order valence-corrected chi connectivity index (χ3v) is 0.911. The normalized spacial score (nSPS) is 8.67. The van der Waals surface area contributed by atoms with Crippen LogP contribution in [-0.4, -0.2) is 11.1 Å². The van der Waals surface area contributed by atoms with E-state index in [0.29, 0.717) is 6.42 Å². The van der Waals surface area contributed by atoms with E-state index in [1.54, 1.807) is 0 Å². The summed E-state index contributed by atoms with van der Waals surface area (Å²) < 4.78 is 0. The van der Waals surface area contributed by atoms with Gasteiger partial charge in [0.1, 0.15) is 0 Å². The van der Waals surface area contributed by atoms with Crippen molar-refractivity contribution in [1.29, 1.82) is 0 Å². The van der Waals surface area contributed by atoms with E-state index in [2.05, 4.69) is 0 Å². The lowest BCUT2D eigenvalue weighted by Crippen LogP contribution is -1.91. The van der Waals surface area contributed by atoms with Crippen LogP contribution < -0.4 is 0 Å². The van der Waals surface area contributed by atoms with E-state index < -0.39 is 5.97 Å². The van der Waals surface area contributed by atoms with Gasteiger partial charge < -0.3 is 5.11 Å². The number of allylic oxidation sites excluding steroid dienone is 2. The van der Waals surface area contributed by atoms with Crippen LogP contribution in [0.2, 0.25) is 0 Å². The molecule has 0 aliphatic carbocycles. The zero-order valence-corrected chi connectivity index (χ0v) is 5.85. The van der Waals surface area contributed by atoms with Crippen LogP contribution in [-0.2, 0) is 4.79 Å². The average Bonchev–Trinajstić information content (AvgIpc) is 1.63. The van der Waals surface area contributed by atoms with Gasteiger partial charge in [-0.3, -0.25) is 4.79 Å². The van der Waals surface area contributed by atoms with Gasteiger partial charge in [-0.1, -0.05) is 11.6 Å². The Morgan fingerprint density at radius 3 is 2.44 bits per heavy atom. The number of carbonyl (C=O) groups is 1. The number of hydrogen-bond donors (Lipinski definition) is 1. The Hall–Kier alpha value is -0.790. The molecular formula is C7H12O2. The van der Waals surface area contributed by atoms with E-state index in [1.165, 1.54) is 5.57 Å². The largest absolute Gasteiger partial charge is 0.481 e. The smallest absolute Gasteiger partial charge is 0.303 e. The van der Waals surface area contributed by atoms with E-state index in [0.717, 1.165) is 0 Å². The minimum absolute atomic E-state index is 0.241. The van der Waals surface area contributed by atoms with Crippen LogP contribution in [0, 0.1) is 0 Å². The molecule has 0 aromatic heterocycles. The Morgan fingerprint density at radius 1 is 1.56 bits per heavy atom. The summed E-state index contributed by atoms with van der Waals surface area (Å²) in [6.07, 6.45) is 2.82. The minimum atomic E-state index is -0.729. The minimum Gasteiger partial charge on any atom is -0.481 e. The summed E-state index contributed by atoms with van der Waals surface area (Å²) >= 11 is 0. The first-order valence-electron chi connectivity index (χ1n) is 2.98. The van der Waals surface area contributed by atoms with Crippen LogP contribution in [0.25, 0.3) is 0 Å². The van der Waals surface area contributed by atoms with Crippen molar-refractivity contribution in [3.05, 3.63) is 11.6 Å². The van der Waals surface area contributed by atoms with Crippen LogP contribution >= 0.6 is 0 Å². The number of hydrogen-bond acceptors (Lipinski definition) is 1. The molecule has 0 amide bonds. The highest BCUT2D eigenvalue weighted by Gasteiger charge is 1.91. The topological polar surface area (TPSA) is 37.3 Å². The first-order valence-corrected chi connectivity index (χ1v) is 2.98. The van der Waals surface area contributed by atoms with Gasteiger partial charge in [-0.15, -0.1) is 0 Å². The van der Waals surface area contributed by atoms with Gasteiger partial charge in [-0.2, -0.15) is 0 Å². The molecule has 0 fully saturated rings. The van der Waals surface area contributed by atoms with Gasteiger partial charge >= 0.3 is 5.97 Å². The van der Waals surface area contributed by atoms with E-state index in [9.17, 15) is 4.79 Å². The van der Waals surface area contributed by atoms with Gasteiger partial charge in [0.05, 0.1) is 0 Å². The standard InChI is InChI=1S/C7H12O2/c1-6(2)4-3-5-7(8)9/h4H,3,5H2,1-2H3,(H,8,9). The second kappa shape index (κ2) is 4.13. The number of rotatable bonds is 3. The first-order chi connectivity index (χ1) is 4.13. The maximum Gasteiger partial charge on any atom is 0.303 e. The van der Waals surface area contributed by atoms with Crippen molar-refractivity contribution in [3.8, 4) is 0 Å². The average molecular weight is 128 g/mol. The van der Waals surface area contributed by atoms with Crippen LogP contribution in [0.3, 0.4) is 0 Å². The molecule has 2 nitrogen and oxygen atoms in total. The van der Waals surface area contributed by atoms with E-state index >= 15 is 0 Å². The molecule has 0 radical (unpaired) electrons. The van der Waals surface area contributed by atoms with Gasteiger partial charge in [0.15, 0.2) is 0 Å².